The van der Waals surface area contributed by atoms with Crippen molar-refractivity contribution in [3.05, 3.63) is 59.5 Å². The van der Waals surface area contributed by atoms with Crippen LogP contribution < -0.4 is 15.5 Å². The quantitative estimate of drug-likeness (QED) is 0.724. The Balaban J connectivity index is 2.26. The van der Waals surface area contributed by atoms with Crippen LogP contribution in [0.1, 0.15) is 36.5 Å². The van der Waals surface area contributed by atoms with Crippen LogP contribution in [0.5, 0.6) is 0 Å². The van der Waals surface area contributed by atoms with E-state index in [4.69, 9.17) is 15.2 Å². The third-order valence-corrected chi connectivity index (χ3v) is 5.52. The summed E-state index contributed by atoms with van der Waals surface area (Å²) in [5, 5.41) is 0. The number of methoxy groups -OCH3 is 2. The first-order valence-electron chi connectivity index (χ1n) is 10.1. The van der Waals surface area contributed by atoms with Crippen molar-refractivity contribution in [1.29, 1.82) is 0 Å². The molecule has 1 fully saturated rings. The molecule has 0 bridgehead atoms. The van der Waals surface area contributed by atoms with E-state index in [0.29, 0.717) is 5.69 Å². The van der Waals surface area contributed by atoms with Crippen LogP contribution in [-0.2, 0) is 19.1 Å². The molecule has 2 N–H and O–H groups in total. The molecule has 1 saturated heterocycles. The number of nitrogens with two attached hydrogens (primary N) is 1. The average Bonchev–Trinajstić information content (AvgIpc) is 3.01. The number of amides is 1. The Hall–Kier alpha value is -3.55. The number of hydrogen-bond donors (Lipinski definition) is 1. The van der Waals surface area contributed by atoms with Gasteiger partial charge in [0.15, 0.2) is 0 Å². The molecule has 31 heavy (non-hydrogen) atoms. The molecule has 0 saturated carbocycles. The van der Waals surface area contributed by atoms with E-state index in [1.54, 1.807) is 35.4 Å². The zero-order valence-electron chi connectivity index (χ0n) is 18.0. The van der Waals surface area contributed by atoms with Crippen molar-refractivity contribution in [1.82, 2.24) is 0 Å². The highest BCUT2D eigenvalue weighted by Gasteiger charge is 2.31. The molecule has 1 aromatic rings. The minimum Gasteiger partial charge on any atom is -0.465 e. The van der Waals surface area contributed by atoms with Gasteiger partial charge >= 0.3 is 11.9 Å². The lowest BCUT2D eigenvalue weighted by Gasteiger charge is -2.38. The summed E-state index contributed by atoms with van der Waals surface area (Å²) in [6, 6.07) is 5.40. The van der Waals surface area contributed by atoms with E-state index in [0.717, 1.165) is 31.5 Å². The molecule has 2 aliphatic heterocycles. The van der Waals surface area contributed by atoms with Gasteiger partial charge in [-0.3, -0.25) is 4.79 Å². The molecule has 1 aromatic carbocycles. The van der Waals surface area contributed by atoms with Gasteiger partial charge in [-0.05, 0) is 56.5 Å². The van der Waals surface area contributed by atoms with Gasteiger partial charge in [0, 0.05) is 24.4 Å². The van der Waals surface area contributed by atoms with E-state index < -0.39 is 17.8 Å². The van der Waals surface area contributed by atoms with Crippen molar-refractivity contribution < 1.29 is 23.9 Å². The fourth-order valence-corrected chi connectivity index (χ4v) is 3.92. The zero-order chi connectivity index (χ0) is 22.5. The Morgan fingerprint density at radius 1 is 1.03 bits per heavy atom. The number of carbonyl (C=O) groups excluding carboxylic acids is 3. The van der Waals surface area contributed by atoms with E-state index in [-0.39, 0.29) is 22.9 Å². The summed E-state index contributed by atoms with van der Waals surface area (Å²) in [7, 11) is 2.49. The van der Waals surface area contributed by atoms with Gasteiger partial charge in [0.05, 0.1) is 31.2 Å². The maximum Gasteiger partial charge on any atom is 0.355 e. The number of esters is 2. The molecule has 2 aliphatic rings. The molecule has 8 heteroatoms. The van der Waals surface area contributed by atoms with Crippen molar-refractivity contribution in [2.45, 2.75) is 32.2 Å². The highest BCUT2D eigenvalue weighted by atomic mass is 16.5. The molecule has 164 valence electrons. The lowest BCUT2D eigenvalue weighted by molar-refractivity contribution is -0.139. The van der Waals surface area contributed by atoms with Crippen LogP contribution in [0.4, 0.5) is 11.4 Å². The number of rotatable bonds is 5. The highest BCUT2D eigenvalue weighted by Crippen LogP contribution is 2.38. The van der Waals surface area contributed by atoms with Gasteiger partial charge in [0.1, 0.15) is 5.70 Å². The summed E-state index contributed by atoms with van der Waals surface area (Å²) < 4.78 is 9.87. The molecule has 1 unspecified atom stereocenters. The van der Waals surface area contributed by atoms with Gasteiger partial charge in [0.2, 0.25) is 5.91 Å². The Bertz CT molecular complexity index is 979. The molecular weight excluding hydrogens is 398 g/mol. The monoisotopic (exact) mass is 425 g/mol. The fourth-order valence-electron chi connectivity index (χ4n) is 3.92. The smallest absolute Gasteiger partial charge is 0.355 e. The van der Waals surface area contributed by atoms with Gasteiger partial charge < -0.3 is 25.0 Å². The highest BCUT2D eigenvalue weighted by molar-refractivity contribution is 6.06. The Kier molecular flexibility index (Phi) is 6.79. The summed E-state index contributed by atoms with van der Waals surface area (Å²) >= 11 is 0. The number of anilines is 2. The predicted octanol–water partition coefficient (Wildman–Crippen LogP) is 2.65. The second-order valence-electron chi connectivity index (χ2n) is 7.42. The van der Waals surface area contributed by atoms with Crippen LogP contribution in [0, 0.1) is 0 Å². The molecule has 0 spiro atoms. The van der Waals surface area contributed by atoms with Crippen molar-refractivity contribution in [3.63, 3.8) is 0 Å². The zero-order valence-corrected chi connectivity index (χ0v) is 18.0. The maximum atomic E-state index is 12.8. The standard InChI is InChI=1S/C23H27N3O5/c1-15-8-4-6-12-25(15)18-11-10-16(21(24)27)14-19(18)26-13-7-5-9-17(22(28)30-2)20(26)23(29)31-3/h5,7,9-11,13-15H,4,6,8,12H2,1-3H3,(H2,24,27). The van der Waals surface area contributed by atoms with Crippen LogP contribution in [0.2, 0.25) is 0 Å². The van der Waals surface area contributed by atoms with Crippen molar-refractivity contribution in [2.24, 2.45) is 5.73 Å². The Morgan fingerprint density at radius 3 is 2.42 bits per heavy atom. The van der Waals surface area contributed by atoms with Gasteiger partial charge in [-0.1, -0.05) is 6.08 Å². The molecule has 1 atom stereocenters. The number of carbonyl (C=O) groups is 3. The van der Waals surface area contributed by atoms with E-state index in [9.17, 15) is 14.4 Å². The Morgan fingerprint density at radius 2 is 1.77 bits per heavy atom. The summed E-state index contributed by atoms with van der Waals surface area (Å²) in [5.41, 5.74) is 7.24. The van der Waals surface area contributed by atoms with Crippen molar-refractivity contribution in [3.8, 4) is 0 Å². The minimum absolute atomic E-state index is 0.00752. The lowest BCUT2D eigenvalue weighted by Crippen LogP contribution is -2.39. The largest absolute Gasteiger partial charge is 0.465 e. The third kappa shape index (κ3) is 4.47. The maximum absolute atomic E-state index is 12.8. The summed E-state index contributed by atoms with van der Waals surface area (Å²) in [6.45, 7) is 2.97. The summed E-state index contributed by atoms with van der Waals surface area (Å²) in [6.07, 6.45) is 9.68. The van der Waals surface area contributed by atoms with E-state index in [1.807, 2.05) is 6.07 Å². The molecule has 0 aliphatic carbocycles. The first-order chi connectivity index (χ1) is 14.9. The van der Waals surface area contributed by atoms with Gasteiger partial charge in [0.25, 0.3) is 0 Å². The predicted molar refractivity (Wildman–Crippen MR) is 117 cm³/mol. The fraction of sp³-hybridized carbons (Fsp3) is 0.348. The van der Waals surface area contributed by atoms with E-state index in [2.05, 4.69) is 11.8 Å². The lowest BCUT2D eigenvalue weighted by atomic mass is 10.0. The first kappa shape index (κ1) is 22.1. The van der Waals surface area contributed by atoms with Crippen LogP contribution in [0.3, 0.4) is 0 Å². The SMILES string of the molecule is COC(=O)C1=C(C(=O)OC)N(c2cc(C(N)=O)ccc2N2CCCCC2C)C=CC=C1. The van der Waals surface area contributed by atoms with Crippen LogP contribution >= 0.6 is 0 Å². The second-order valence-corrected chi connectivity index (χ2v) is 7.42. The molecule has 1 amide bonds. The molecule has 3 rings (SSSR count). The van der Waals surface area contributed by atoms with Crippen molar-refractivity contribution >= 4 is 29.2 Å². The average molecular weight is 425 g/mol. The second kappa shape index (κ2) is 9.51. The third-order valence-electron chi connectivity index (χ3n) is 5.52. The summed E-state index contributed by atoms with van der Waals surface area (Å²) in [5.74, 6) is -1.98. The normalized spacial score (nSPS) is 18.6. The first-order valence-corrected chi connectivity index (χ1v) is 10.1. The number of primary amides is 1. The van der Waals surface area contributed by atoms with E-state index >= 15 is 0 Å². The van der Waals surface area contributed by atoms with Crippen molar-refractivity contribution in [2.75, 3.05) is 30.6 Å². The van der Waals surface area contributed by atoms with E-state index in [1.165, 1.54) is 20.3 Å². The molecule has 2 heterocycles. The van der Waals surface area contributed by atoms with Crippen LogP contribution in [0.25, 0.3) is 0 Å². The van der Waals surface area contributed by atoms with Gasteiger partial charge in [-0.25, -0.2) is 9.59 Å². The summed E-state index contributed by atoms with van der Waals surface area (Å²) in [4.78, 5) is 41.0. The van der Waals surface area contributed by atoms with Crippen LogP contribution in [0.15, 0.2) is 53.9 Å². The minimum atomic E-state index is -0.710. The molecule has 0 radical (unpaired) electrons. The Labute approximate surface area is 181 Å². The van der Waals surface area contributed by atoms with Crippen LogP contribution in [-0.4, -0.2) is 44.7 Å². The molecule has 8 nitrogen and oxygen atoms in total. The van der Waals surface area contributed by atoms with Gasteiger partial charge in [-0.2, -0.15) is 0 Å². The number of nitrogens with zero attached hydrogens (tertiary/aromatic N) is 2. The number of piperidine rings is 1. The number of benzene rings is 1. The number of hydrogen-bond acceptors (Lipinski definition) is 7. The number of allylic oxidation sites excluding steroid dienone is 2. The van der Waals surface area contributed by atoms with Gasteiger partial charge in [-0.15, -0.1) is 0 Å². The molecular formula is C23H27N3O5. The number of ether oxygens (including phenoxy) is 2. The topological polar surface area (TPSA) is 102 Å². The molecule has 0 aromatic heterocycles.